The zero-order chi connectivity index (χ0) is 18.6. The Morgan fingerprint density at radius 2 is 1.68 bits per heavy atom. The van der Waals surface area contributed by atoms with Gasteiger partial charge in [-0.1, -0.05) is 37.6 Å². The molecule has 0 aliphatic heterocycles. The molecule has 2 aromatic rings. The van der Waals surface area contributed by atoms with E-state index in [4.69, 9.17) is 21.1 Å². The van der Waals surface area contributed by atoms with Crippen molar-refractivity contribution in [3.8, 4) is 11.5 Å². The number of rotatable bonds is 7. The van der Waals surface area contributed by atoms with Crippen LogP contribution in [-0.4, -0.2) is 22.6 Å². The van der Waals surface area contributed by atoms with Crippen LogP contribution in [0.4, 0.5) is 5.69 Å². The highest BCUT2D eigenvalue weighted by atomic mass is 35.5. The van der Waals surface area contributed by atoms with Crippen LogP contribution in [0.1, 0.15) is 31.7 Å². The second-order valence-electron chi connectivity index (χ2n) is 5.67. The highest BCUT2D eigenvalue weighted by molar-refractivity contribution is 7.92. The molecule has 0 saturated carbocycles. The fourth-order valence-corrected chi connectivity index (χ4v) is 3.65. The SMILES string of the molecule is CCC(C)c1ccc(S(=O)(=O)Nc2cc(OC)c(Cl)cc2OC)cc1. The van der Waals surface area contributed by atoms with Gasteiger partial charge in [-0.15, -0.1) is 0 Å². The first-order chi connectivity index (χ1) is 11.8. The molecule has 0 aliphatic carbocycles. The summed E-state index contributed by atoms with van der Waals surface area (Å²) in [6.07, 6.45) is 0.992. The van der Waals surface area contributed by atoms with Crippen molar-refractivity contribution in [3.63, 3.8) is 0 Å². The monoisotopic (exact) mass is 383 g/mol. The first kappa shape index (κ1) is 19.4. The summed E-state index contributed by atoms with van der Waals surface area (Å²) >= 11 is 6.05. The predicted molar refractivity (Wildman–Crippen MR) is 101 cm³/mol. The van der Waals surface area contributed by atoms with E-state index in [0.29, 0.717) is 22.4 Å². The minimum atomic E-state index is -3.76. The molecular weight excluding hydrogens is 362 g/mol. The highest BCUT2D eigenvalue weighted by Gasteiger charge is 2.19. The number of hydrogen-bond donors (Lipinski definition) is 1. The zero-order valence-electron chi connectivity index (χ0n) is 14.7. The number of halogens is 1. The molecule has 1 unspecified atom stereocenters. The zero-order valence-corrected chi connectivity index (χ0v) is 16.2. The molecule has 5 nitrogen and oxygen atoms in total. The van der Waals surface area contributed by atoms with Crippen LogP contribution < -0.4 is 14.2 Å². The average Bonchev–Trinajstić information content (AvgIpc) is 2.62. The Hall–Kier alpha value is -1.92. The number of benzene rings is 2. The molecule has 2 rings (SSSR count). The quantitative estimate of drug-likeness (QED) is 0.754. The van der Waals surface area contributed by atoms with Gasteiger partial charge < -0.3 is 9.47 Å². The maximum absolute atomic E-state index is 12.7. The van der Waals surface area contributed by atoms with Crippen LogP contribution in [0, 0.1) is 0 Å². The lowest BCUT2D eigenvalue weighted by atomic mass is 9.99. The number of sulfonamides is 1. The summed E-state index contributed by atoms with van der Waals surface area (Å²) < 4.78 is 38.2. The predicted octanol–water partition coefficient (Wildman–Crippen LogP) is 4.67. The van der Waals surface area contributed by atoms with E-state index in [-0.39, 0.29) is 10.6 Å². The Labute approximate surface area is 154 Å². The molecule has 0 amide bonds. The Bertz CT molecular complexity index is 835. The third-order valence-corrected chi connectivity index (χ3v) is 5.77. The number of methoxy groups -OCH3 is 2. The summed E-state index contributed by atoms with van der Waals surface area (Å²) in [5, 5.41) is 0.334. The topological polar surface area (TPSA) is 64.6 Å². The maximum Gasteiger partial charge on any atom is 0.262 e. The summed E-state index contributed by atoms with van der Waals surface area (Å²) in [5.74, 6) is 1.04. The van der Waals surface area contributed by atoms with Gasteiger partial charge in [-0.25, -0.2) is 8.42 Å². The number of anilines is 1. The van der Waals surface area contributed by atoms with Gasteiger partial charge in [-0.2, -0.15) is 0 Å². The lowest BCUT2D eigenvalue weighted by Crippen LogP contribution is -2.14. The van der Waals surface area contributed by atoms with E-state index in [9.17, 15) is 8.42 Å². The maximum atomic E-state index is 12.7. The molecule has 0 heterocycles. The van der Waals surface area contributed by atoms with Crippen LogP contribution >= 0.6 is 11.6 Å². The molecule has 1 N–H and O–H groups in total. The van der Waals surface area contributed by atoms with E-state index in [2.05, 4.69) is 18.6 Å². The second-order valence-corrected chi connectivity index (χ2v) is 7.76. The van der Waals surface area contributed by atoms with E-state index >= 15 is 0 Å². The van der Waals surface area contributed by atoms with E-state index in [1.54, 1.807) is 12.1 Å². The van der Waals surface area contributed by atoms with Crippen molar-refractivity contribution in [2.75, 3.05) is 18.9 Å². The lowest BCUT2D eigenvalue weighted by molar-refractivity contribution is 0.405. The molecule has 0 bridgehead atoms. The van der Waals surface area contributed by atoms with Gasteiger partial charge in [-0.05, 0) is 30.0 Å². The van der Waals surface area contributed by atoms with Gasteiger partial charge >= 0.3 is 0 Å². The van der Waals surface area contributed by atoms with Crippen molar-refractivity contribution in [3.05, 3.63) is 47.0 Å². The molecule has 7 heteroatoms. The summed E-state index contributed by atoms with van der Waals surface area (Å²) in [5.41, 5.74) is 1.36. The van der Waals surface area contributed by atoms with Crippen molar-refractivity contribution in [1.29, 1.82) is 0 Å². The van der Waals surface area contributed by atoms with E-state index in [1.165, 1.54) is 26.4 Å². The fraction of sp³-hybridized carbons (Fsp3) is 0.333. The Kier molecular flexibility index (Phi) is 6.19. The van der Waals surface area contributed by atoms with Crippen molar-refractivity contribution in [1.82, 2.24) is 0 Å². The summed E-state index contributed by atoms with van der Waals surface area (Å²) in [6, 6.07) is 9.87. The average molecular weight is 384 g/mol. The van der Waals surface area contributed by atoms with Gasteiger partial charge in [0.2, 0.25) is 0 Å². The first-order valence-electron chi connectivity index (χ1n) is 7.86. The molecule has 0 saturated heterocycles. The van der Waals surface area contributed by atoms with Crippen molar-refractivity contribution in [2.45, 2.75) is 31.1 Å². The van der Waals surface area contributed by atoms with Gasteiger partial charge in [0.05, 0.1) is 29.8 Å². The van der Waals surface area contributed by atoms with Crippen LogP contribution in [0.3, 0.4) is 0 Å². The number of hydrogen-bond acceptors (Lipinski definition) is 4. The number of nitrogens with one attached hydrogen (secondary N) is 1. The third kappa shape index (κ3) is 4.38. The molecule has 0 fully saturated rings. The molecule has 0 aromatic heterocycles. The molecular formula is C18H22ClNO4S. The van der Waals surface area contributed by atoms with Gasteiger partial charge in [-0.3, -0.25) is 4.72 Å². The van der Waals surface area contributed by atoms with Crippen LogP contribution in [0.2, 0.25) is 5.02 Å². The number of ether oxygens (including phenoxy) is 2. The van der Waals surface area contributed by atoms with Gasteiger partial charge in [0.25, 0.3) is 10.0 Å². The first-order valence-corrected chi connectivity index (χ1v) is 9.72. The Morgan fingerprint density at radius 3 is 2.20 bits per heavy atom. The Balaban J connectivity index is 2.35. The Morgan fingerprint density at radius 1 is 1.08 bits per heavy atom. The fourth-order valence-electron chi connectivity index (χ4n) is 2.36. The molecule has 0 spiro atoms. The van der Waals surface area contributed by atoms with Crippen LogP contribution in [0.15, 0.2) is 41.3 Å². The van der Waals surface area contributed by atoms with Crippen LogP contribution in [0.25, 0.3) is 0 Å². The molecule has 25 heavy (non-hydrogen) atoms. The van der Waals surface area contributed by atoms with E-state index < -0.39 is 10.0 Å². The molecule has 0 aliphatic rings. The normalized spacial score (nSPS) is 12.5. The van der Waals surface area contributed by atoms with E-state index in [0.717, 1.165) is 12.0 Å². The molecule has 1 atom stereocenters. The van der Waals surface area contributed by atoms with E-state index in [1.807, 2.05) is 12.1 Å². The second kappa shape index (κ2) is 7.97. The summed E-state index contributed by atoms with van der Waals surface area (Å²) in [4.78, 5) is 0.176. The minimum absolute atomic E-state index is 0.176. The van der Waals surface area contributed by atoms with Crippen LogP contribution in [-0.2, 0) is 10.0 Å². The van der Waals surface area contributed by atoms with Crippen LogP contribution in [0.5, 0.6) is 11.5 Å². The molecule has 0 radical (unpaired) electrons. The van der Waals surface area contributed by atoms with Gasteiger partial charge in [0.1, 0.15) is 11.5 Å². The van der Waals surface area contributed by atoms with Gasteiger partial charge in [0.15, 0.2) is 0 Å². The highest BCUT2D eigenvalue weighted by Crippen LogP contribution is 2.37. The third-order valence-electron chi connectivity index (χ3n) is 4.09. The standard InChI is InChI=1S/C18H22ClNO4S/c1-5-12(2)13-6-8-14(9-7-13)25(21,22)20-16-11-17(23-3)15(19)10-18(16)24-4/h6-12,20H,5H2,1-4H3. The minimum Gasteiger partial charge on any atom is -0.495 e. The van der Waals surface area contributed by atoms with Crippen molar-refractivity contribution in [2.24, 2.45) is 0 Å². The smallest absolute Gasteiger partial charge is 0.262 e. The molecule has 2 aromatic carbocycles. The lowest BCUT2D eigenvalue weighted by Gasteiger charge is -2.15. The molecule has 136 valence electrons. The van der Waals surface area contributed by atoms with Gasteiger partial charge in [0, 0.05) is 12.1 Å². The summed E-state index contributed by atoms with van der Waals surface area (Å²) in [6.45, 7) is 4.20. The summed E-state index contributed by atoms with van der Waals surface area (Å²) in [7, 11) is -0.862. The van der Waals surface area contributed by atoms with Crippen molar-refractivity contribution >= 4 is 27.3 Å². The largest absolute Gasteiger partial charge is 0.495 e. The van der Waals surface area contributed by atoms with Crippen molar-refractivity contribution < 1.29 is 17.9 Å².